The van der Waals surface area contributed by atoms with E-state index in [1.807, 2.05) is 0 Å². The highest BCUT2D eigenvalue weighted by Crippen LogP contribution is 2.28. The minimum Gasteiger partial charge on any atom is -0.481 e. The first-order valence-corrected chi connectivity index (χ1v) is 7.01. The zero-order chi connectivity index (χ0) is 15.6. The number of benzene rings is 1. The van der Waals surface area contributed by atoms with Crippen molar-refractivity contribution in [3.05, 3.63) is 28.5 Å². The van der Waals surface area contributed by atoms with Crippen LogP contribution < -0.4 is 5.32 Å². The Labute approximate surface area is 126 Å². The van der Waals surface area contributed by atoms with E-state index in [-0.39, 0.29) is 16.3 Å². The summed E-state index contributed by atoms with van der Waals surface area (Å²) in [5, 5.41) is 11.8. The number of carboxylic acids is 1. The van der Waals surface area contributed by atoms with Crippen molar-refractivity contribution in [1.82, 2.24) is 4.90 Å². The molecule has 1 aromatic rings. The minimum absolute atomic E-state index is 0.252. The van der Waals surface area contributed by atoms with Crippen LogP contribution in [0.15, 0.2) is 12.1 Å². The predicted molar refractivity (Wildman–Crippen MR) is 77.1 cm³/mol. The third-order valence-electron chi connectivity index (χ3n) is 3.71. The number of carboxylic acid groups (broad SMARTS) is 1. The molecule has 0 radical (unpaired) electrons. The highest BCUT2D eigenvalue weighted by atomic mass is 35.5. The molecule has 0 aliphatic carbocycles. The van der Waals surface area contributed by atoms with Crippen LogP contribution in [0.2, 0.25) is 5.02 Å². The molecule has 0 aromatic heterocycles. The average Bonchev–Trinajstić information content (AvgIpc) is 2.47. The molecule has 0 spiro atoms. The Hall–Kier alpha value is -1.82. The van der Waals surface area contributed by atoms with E-state index in [0.717, 1.165) is 0 Å². The average molecular weight is 315 g/mol. The number of urea groups is 1. The number of piperidine rings is 1. The standard InChI is InChI=1S/C14H16ClFN2O3/c1-8-11(16)3-2-10(15)12(8)17-14(21)18-6-4-9(5-7-18)13(19)20/h2-3,9H,4-7H2,1H3,(H,17,21)(H,19,20). The van der Waals surface area contributed by atoms with Gasteiger partial charge < -0.3 is 15.3 Å². The number of halogens is 2. The van der Waals surface area contributed by atoms with Crippen LogP contribution in [-0.2, 0) is 4.79 Å². The van der Waals surface area contributed by atoms with E-state index in [1.54, 1.807) is 0 Å². The number of rotatable bonds is 2. The number of likely N-dealkylation sites (tertiary alicyclic amines) is 1. The fourth-order valence-corrected chi connectivity index (χ4v) is 2.57. The van der Waals surface area contributed by atoms with Crippen molar-refractivity contribution in [1.29, 1.82) is 0 Å². The van der Waals surface area contributed by atoms with Gasteiger partial charge in [-0.1, -0.05) is 11.6 Å². The third-order valence-corrected chi connectivity index (χ3v) is 4.03. The monoisotopic (exact) mass is 314 g/mol. The second-order valence-corrected chi connectivity index (χ2v) is 5.47. The molecule has 1 aliphatic heterocycles. The molecular formula is C14H16ClFN2O3. The Morgan fingerprint density at radius 3 is 2.57 bits per heavy atom. The number of carbonyl (C=O) groups is 2. The molecule has 114 valence electrons. The molecule has 0 unspecified atom stereocenters. The van der Waals surface area contributed by atoms with Crippen molar-refractivity contribution in [2.75, 3.05) is 18.4 Å². The Balaban J connectivity index is 2.03. The van der Waals surface area contributed by atoms with E-state index >= 15 is 0 Å². The Morgan fingerprint density at radius 2 is 2.00 bits per heavy atom. The number of hydrogen-bond acceptors (Lipinski definition) is 2. The van der Waals surface area contributed by atoms with Gasteiger partial charge >= 0.3 is 12.0 Å². The Bertz CT molecular complexity index is 572. The molecule has 2 rings (SSSR count). The second kappa shape index (κ2) is 6.30. The van der Waals surface area contributed by atoms with E-state index < -0.39 is 23.7 Å². The van der Waals surface area contributed by atoms with E-state index in [0.29, 0.717) is 25.9 Å². The Morgan fingerprint density at radius 1 is 1.38 bits per heavy atom. The summed E-state index contributed by atoms with van der Waals surface area (Å²) in [6.07, 6.45) is 0.831. The van der Waals surface area contributed by atoms with E-state index in [9.17, 15) is 14.0 Å². The largest absolute Gasteiger partial charge is 0.481 e. The molecule has 0 atom stereocenters. The smallest absolute Gasteiger partial charge is 0.321 e. The van der Waals surface area contributed by atoms with E-state index in [1.165, 1.54) is 24.0 Å². The van der Waals surface area contributed by atoms with Crippen molar-refractivity contribution in [3.8, 4) is 0 Å². The van der Waals surface area contributed by atoms with Crippen LogP contribution >= 0.6 is 11.6 Å². The van der Waals surface area contributed by atoms with Crippen LogP contribution in [0.1, 0.15) is 18.4 Å². The van der Waals surface area contributed by atoms with Gasteiger partial charge in [-0.05, 0) is 31.9 Å². The molecule has 1 fully saturated rings. The highest BCUT2D eigenvalue weighted by Gasteiger charge is 2.27. The first kappa shape index (κ1) is 15.6. The number of nitrogens with zero attached hydrogens (tertiary/aromatic N) is 1. The number of carbonyl (C=O) groups excluding carboxylic acids is 1. The number of anilines is 1. The van der Waals surface area contributed by atoms with Crippen molar-refractivity contribution in [2.24, 2.45) is 5.92 Å². The molecule has 2 N–H and O–H groups in total. The number of hydrogen-bond donors (Lipinski definition) is 2. The lowest BCUT2D eigenvalue weighted by molar-refractivity contribution is -0.143. The zero-order valence-electron chi connectivity index (χ0n) is 11.5. The number of nitrogens with one attached hydrogen (secondary N) is 1. The number of amides is 2. The lowest BCUT2D eigenvalue weighted by Crippen LogP contribution is -2.42. The van der Waals surface area contributed by atoms with Gasteiger partial charge in [-0.2, -0.15) is 0 Å². The Kier molecular flexibility index (Phi) is 4.67. The van der Waals surface area contributed by atoms with Gasteiger partial charge in [0.05, 0.1) is 16.6 Å². The number of aliphatic carboxylic acids is 1. The van der Waals surface area contributed by atoms with Crippen LogP contribution in [-0.4, -0.2) is 35.1 Å². The van der Waals surface area contributed by atoms with Gasteiger partial charge in [0.25, 0.3) is 0 Å². The summed E-state index contributed by atoms with van der Waals surface area (Å²) in [4.78, 5) is 24.5. The van der Waals surface area contributed by atoms with Gasteiger partial charge in [0, 0.05) is 18.7 Å². The van der Waals surface area contributed by atoms with Crippen molar-refractivity contribution in [2.45, 2.75) is 19.8 Å². The molecule has 0 bridgehead atoms. The molecule has 1 aromatic carbocycles. The molecule has 5 nitrogen and oxygen atoms in total. The summed E-state index contributed by atoms with van der Waals surface area (Å²) in [7, 11) is 0. The molecule has 21 heavy (non-hydrogen) atoms. The molecule has 1 aliphatic rings. The van der Waals surface area contributed by atoms with Gasteiger partial charge in [0.15, 0.2) is 0 Å². The zero-order valence-corrected chi connectivity index (χ0v) is 12.3. The van der Waals surface area contributed by atoms with Crippen LogP contribution in [0.3, 0.4) is 0 Å². The minimum atomic E-state index is -0.834. The van der Waals surface area contributed by atoms with E-state index in [2.05, 4.69) is 5.32 Å². The van der Waals surface area contributed by atoms with Gasteiger partial charge in [0.2, 0.25) is 0 Å². The van der Waals surface area contributed by atoms with Crippen LogP contribution in [0.4, 0.5) is 14.9 Å². The maximum Gasteiger partial charge on any atom is 0.321 e. The summed E-state index contributed by atoms with van der Waals surface area (Å²) < 4.78 is 13.5. The normalized spacial score (nSPS) is 15.9. The molecule has 2 amide bonds. The topological polar surface area (TPSA) is 69.6 Å². The van der Waals surface area contributed by atoms with Gasteiger partial charge in [0.1, 0.15) is 5.82 Å². The molecular weight excluding hydrogens is 299 g/mol. The molecule has 0 saturated carbocycles. The van der Waals surface area contributed by atoms with Gasteiger partial charge in [-0.3, -0.25) is 4.79 Å². The molecule has 1 saturated heterocycles. The predicted octanol–water partition coefficient (Wildman–Crippen LogP) is 3.12. The van der Waals surface area contributed by atoms with Crippen molar-refractivity contribution >= 4 is 29.3 Å². The maximum absolute atomic E-state index is 13.5. The first-order chi connectivity index (χ1) is 9.90. The summed E-state index contributed by atoms with van der Waals surface area (Å²) >= 11 is 5.97. The fourth-order valence-electron chi connectivity index (χ4n) is 2.32. The van der Waals surface area contributed by atoms with Gasteiger partial charge in [-0.15, -0.1) is 0 Å². The van der Waals surface area contributed by atoms with E-state index in [4.69, 9.17) is 16.7 Å². The van der Waals surface area contributed by atoms with Gasteiger partial charge in [-0.25, -0.2) is 9.18 Å². The quantitative estimate of drug-likeness (QED) is 0.881. The molecule has 1 heterocycles. The highest BCUT2D eigenvalue weighted by molar-refractivity contribution is 6.33. The van der Waals surface area contributed by atoms with Crippen LogP contribution in [0.5, 0.6) is 0 Å². The SMILES string of the molecule is Cc1c(F)ccc(Cl)c1NC(=O)N1CCC(C(=O)O)CC1. The lowest BCUT2D eigenvalue weighted by atomic mass is 9.97. The summed E-state index contributed by atoms with van der Waals surface area (Å²) in [5.74, 6) is -1.69. The second-order valence-electron chi connectivity index (χ2n) is 5.06. The third kappa shape index (κ3) is 3.44. The molecule has 7 heteroatoms. The fraction of sp³-hybridized carbons (Fsp3) is 0.429. The summed E-state index contributed by atoms with van der Waals surface area (Å²) in [6, 6.07) is 2.23. The summed E-state index contributed by atoms with van der Waals surface area (Å²) in [6.45, 7) is 2.25. The van der Waals surface area contributed by atoms with Crippen LogP contribution in [0, 0.1) is 18.7 Å². The summed E-state index contributed by atoms with van der Waals surface area (Å²) in [5.41, 5.74) is 0.526. The maximum atomic E-state index is 13.5. The van der Waals surface area contributed by atoms with Crippen molar-refractivity contribution in [3.63, 3.8) is 0 Å². The van der Waals surface area contributed by atoms with Crippen LogP contribution in [0.25, 0.3) is 0 Å². The first-order valence-electron chi connectivity index (χ1n) is 6.63. The lowest BCUT2D eigenvalue weighted by Gasteiger charge is -2.30. The van der Waals surface area contributed by atoms with Crippen molar-refractivity contribution < 1.29 is 19.1 Å².